The third-order valence-corrected chi connectivity index (χ3v) is 4.31. The second-order valence-electron chi connectivity index (χ2n) is 7.20. The van der Waals surface area contributed by atoms with Crippen LogP contribution < -0.4 is 9.47 Å². The number of aromatic nitrogens is 3. The van der Waals surface area contributed by atoms with E-state index in [2.05, 4.69) is 10.1 Å². The van der Waals surface area contributed by atoms with Gasteiger partial charge in [0.1, 0.15) is 12.4 Å². The number of aliphatic hydroxyl groups is 2. The van der Waals surface area contributed by atoms with E-state index in [4.69, 9.17) is 9.47 Å². The van der Waals surface area contributed by atoms with Crippen molar-refractivity contribution in [1.29, 1.82) is 0 Å². The van der Waals surface area contributed by atoms with Crippen molar-refractivity contribution in [3.05, 3.63) is 35.9 Å². The van der Waals surface area contributed by atoms with E-state index in [1.54, 1.807) is 25.6 Å². The molecule has 1 heterocycles. The summed E-state index contributed by atoms with van der Waals surface area (Å²) in [6.45, 7) is 3.98. The number of benzene rings is 1. The minimum Gasteiger partial charge on any atom is -0.493 e. The molecule has 0 amide bonds. The van der Waals surface area contributed by atoms with E-state index >= 15 is 0 Å². The second kappa shape index (κ2) is 6.65. The van der Waals surface area contributed by atoms with E-state index in [9.17, 15) is 10.2 Å². The third-order valence-electron chi connectivity index (χ3n) is 4.31. The van der Waals surface area contributed by atoms with Crippen LogP contribution in [0, 0.1) is 0 Å². The van der Waals surface area contributed by atoms with E-state index in [1.807, 2.05) is 24.3 Å². The summed E-state index contributed by atoms with van der Waals surface area (Å²) in [6, 6.07) is 7.39. The van der Waals surface area contributed by atoms with Crippen molar-refractivity contribution in [2.45, 2.75) is 50.9 Å². The normalized spacial score (nSPS) is 15.9. The minimum atomic E-state index is -0.922. The first kappa shape index (κ1) is 17.7. The van der Waals surface area contributed by atoms with Crippen molar-refractivity contribution in [3.8, 4) is 11.5 Å². The number of nitrogens with zero attached hydrogens (tertiary/aromatic N) is 3. The molecule has 0 unspecified atom stereocenters. The largest absolute Gasteiger partial charge is 0.493 e. The Bertz CT molecular complexity index is 732. The number of rotatable bonds is 8. The first-order valence-corrected chi connectivity index (χ1v) is 8.40. The molecule has 7 nitrogen and oxygen atoms in total. The van der Waals surface area contributed by atoms with Crippen LogP contribution in [0.25, 0.3) is 0 Å². The van der Waals surface area contributed by atoms with Gasteiger partial charge in [0.15, 0.2) is 17.3 Å². The molecule has 1 aliphatic carbocycles. The van der Waals surface area contributed by atoms with E-state index in [0.717, 1.165) is 18.7 Å². The Balaban J connectivity index is 1.81. The lowest BCUT2D eigenvalue weighted by Gasteiger charge is -2.20. The minimum absolute atomic E-state index is 0.0321. The van der Waals surface area contributed by atoms with E-state index < -0.39 is 5.60 Å². The van der Waals surface area contributed by atoms with Gasteiger partial charge < -0.3 is 19.7 Å². The van der Waals surface area contributed by atoms with Crippen LogP contribution >= 0.6 is 0 Å². The molecule has 25 heavy (non-hydrogen) atoms. The van der Waals surface area contributed by atoms with Crippen LogP contribution in [0.1, 0.15) is 38.3 Å². The maximum absolute atomic E-state index is 10.1. The molecule has 1 aromatic carbocycles. The smallest absolute Gasteiger partial charge is 0.188 e. The molecular weight excluding hydrogens is 322 g/mol. The van der Waals surface area contributed by atoms with Crippen LogP contribution in [-0.4, -0.2) is 44.3 Å². The van der Waals surface area contributed by atoms with Gasteiger partial charge in [-0.2, -0.15) is 5.10 Å². The molecule has 1 saturated carbocycles. The number of methoxy groups -OCH3 is 1. The number of aliphatic hydroxyl groups excluding tert-OH is 1. The van der Waals surface area contributed by atoms with Gasteiger partial charge in [0, 0.05) is 0 Å². The molecule has 0 radical (unpaired) electrons. The van der Waals surface area contributed by atoms with Crippen LogP contribution in [0.2, 0.25) is 0 Å². The summed E-state index contributed by atoms with van der Waals surface area (Å²) < 4.78 is 12.8. The van der Waals surface area contributed by atoms with Gasteiger partial charge in [-0.15, -0.1) is 0 Å². The highest BCUT2D eigenvalue weighted by molar-refractivity contribution is 5.39. The fraction of sp³-hybridized carbons (Fsp3) is 0.556. The number of hydrogen-bond donors (Lipinski definition) is 2. The molecule has 3 rings (SSSR count). The van der Waals surface area contributed by atoms with Crippen LogP contribution in [-0.2, 0) is 18.6 Å². The zero-order valence-corrected chi connectivity index (χ0v) is 14.9. The molecule has 0 spiro atoms. The van der Waals surface area contributed by atoms with Gasteiger partial charge in [-0.25, -0.2) is 9.67 Å². The quantitative estimate of drug-likeness (QED) is 0.755. The predicted octanol–water partition coefficient (Wildman–Crippen LogP) is 1.66. The summed E-state index contributed by atoms with van der Waals surface area (Å²) in [5.41, 5.74) is -1.25. The van der Waals surface area contributed by atoms with Crippen LogP contribution in [0.3, 0.4) is 0 Å². The molecule has 2 N–H and O–H groups in total. The van der Waals surface area contributed by atoms with Crippen LogP contribution in [0.4, 0.5) is 0 Å². The van der Waals surface area contributed by atoms with Gasteiger partial charge in [-0.1, -0.05) is 12.1 Å². The molecule has 136 valence electrons. The molecule has 1 fully saturated rings. The third kappa shape index (κ3) is 3.93. The summed E-state index contributed by atoms with van der Waals surface area (Å²) in [6.07, 6.45) is 1.75. The second-order valence-corrected chi connectivity index (χ2v) is 7.20. The first-order valence-electron chi connectivity index (χ1n) is 8.40. The highest BCUT2D eigenvalue weighted by Gasteiger charge is 2.48. The summed E-state index contributed by atoms with van der Waals surface area (Å²) in [5, 5.41) is 24.4. The zero-order valence-electron chi connectivity index (χ0n) is 14.9. The Labute approximate surface area is 147 Å². The van der Waals surface area contributed by atoms with Crippen molar-refractivity contribution in [3.63, 3.8) is 0 Å². The molecule has 2 aromatic rings. The molecule has 0 bridgehead atoms. The van der Waals surface area contributed by atoms with Gasteiger partial charge in [-0.05, 0) is 38.8 Å². The standard InChI is InChI=1S/C18H25N3O4/c1-17(2,23)11-21-16(18(12-22)8-9-18)19-15(20-21)10-25-14-7-5-4-6-13(14)24-3/h4-7,22-23H,8-12H2,1-3H3. The van der Waals surface area contributed by atoms with Crippen molar-refractivity contribution in [2.24, 2.45) is 0 Å². The van der Waals surface area contributed by atoms with Crippen molar-refractivity contribution >= 4 is 0 Å². The summed E-state index contributed by atoms with van der Waals surface area (Å²) >= 11 is 0. The van der Waals surface area contributed by atoms with Crippen LogP contribution in [0.15, 0.2) is 24.3 Å². The lowest BCUT2D eigenvalue weighted by atomic mass is 10.1. The van der Waals surface area contributed by atoms with Gasteiger partial charge in [0.05, 0.1) is 31.3 Å². The average Bonchev–Trinajstić information content (AvgIpc) is 3.27. The molecular formula is C18H25N3O4. The molecule has 0 atom stereocenters. The van der Waals surface area contributed by atoms with E-state index in [-0.39, 0.29) is 18.6 Å². The number of para-hydroxylation sites is 2. The molecule has 0 aliphatic heterocycles. The summed E-state index contributed by atoms with van der Waals surface area (Å²) in [7, 11) is 1.59. The topological polar surface area (TPSA) is 89.6 Å². The monoisotopic (exact) mass is 347 g/mol. The molecule has 1 aromatic heterocycles. The lowest BCUT2D eigenvalue weighted by molar-refractivity contribution is 0.0552. The van der Waals surface area contributed by atoms with E-state index in [1.165, 1.54) is 0 Å². The van der Waals surface area contributed by atoms with Gasteiger partial charge in [0.2, 0.25) is 0 Å². The van der Waals surface area contributed by atoms with E-state index in [0.29, 0.717) is 23.9 Å². The number of hydrogen-bond acceptors (Lipinski definition) is 6. The highest BCUT2D eigenvalue weighted by atomic mass is 16.5. The maximum atomic E-state index is 10.1. The SMILES string of the molecule is COc1ccccc1OCc1nc(C2(CO)CC2)n(CC(C)(C)O)n1. The van der Waals surface area contributed by atoms with Gasteiger partial charge in [-0.3, -0.25) is 0 Å². The lowest BCUT2D eigenvalue weighted by Crippen LogP contribution is -2.30. The van der Waals surface area contributed by atoms with Crippen LogP contribution in [0.5, 0.6) is 11.5 Å². The summed E-state index contributed by atoms with van der Waals surface area (Å²) in [5.74, 6) is 2.50. The average molecular weight is 347 g/mol. The van der Waals surface area contributed by atoms with Gasteiger partial charge in [0.25, 0.3) is 0 Å². The maximum Gasteiger partial charge on any atom is 0.188 e. The molecule has 7 heteroatoms. The van der Waals surface area contributed by atoms with Crippen molar-refractivity contribution < 1.29 is 19.7 Å². The molecule has 1 aliphatic rings. The van der Waals surface area contributed by atoms with Gasteiger partial charge >= 0.3 is 0 Å². The predicted molar refractivity (Wildman–Crippen MR) is 91.6 cm³/mol. The Kier molecular flexibility index (Phi) is 4.71. The Morgan fingerprint density at radius 2 is 1.92 bits per heavy atom. The Hall–Kier alpha value is -2.12. The fourth-order valence-corrected chi connectivity index (χ4v) is 2.80. The van der Waals surface area contributed by atoms with Crippen molar-refractivity contribution in [1.82, 2.24) is 14.8 Å². The fourth-order valence-electron chi connectivity index (χ4n) is 2.80. The van der Waals surface area contributed by atoms with Crippen molar-refractivity contribution in [2.75, 3.05) is 13.7 Å². The Morgan fingerprint density at radius 3 is 2.48 bits per heavy atom. The molecule has 0 saturated heterocycles. The number of ether oxygens (including phenoxy) is 2. The first-order chi connectivity index (χ1) is 11.9. The summed E-state index contributed by atoms with van der Waals surface area (Å²) in [4.78, 5) is 4.58. The highest BCUT2D eigenvalue weighted by Crippen LogP contribution is 2.47. The zero-order chi connectivity index (χ0) is 18.1. The Morgan fingerprint density at radius 1 is 1.24 bits per heavy atom.